The lowest BCUT2D eigenvalue weighted by Gasteiger charge is -2.00. The Balaban J connectivity index is 0.00000162. The number of hydrogen-bond acceptors (Lipinski definition) is 2. The minimum absolute atomic E-state index is 0. The molecule has 0 spiro atoms. The molecule has 104 valence electrons. The summed E-state index contributed by atoms with van der Waals surface area (Å²) in [5.74, 6) is 1.60. The van der Waals surface area contributed by atoms with E-state index in [4.69, 9.17) is 17.3 Å². The fourth-order valence-corrected chi connectivity index (χ4v) is 1.58. The highest BCUT2D eigenvalue weighted by atomic mass is 35.5. The lowest BCUT2D eigenvalue weighted by molar-refractivity contribution is -0.465. The highest BCUT2D eigenvalue weighted by molar-refractivity contribution is 6.30. The van der Waals surface area contributed by atoms with Gasteiger partial charge in [0.05, 0.1) is 0 Å². The summed E-state index contributed by atoms with van der Waals surface area (Å²) in [5, 5.41) is 4.00. The molecule has 0 radical (unpaired) electrons. The van der Waals surface area contributed by atoms with Crippen LogP contribution in [0.3, 0.4) is 0 Å². The van der Waals surface area contributed by atoms with Crippen LogP contribution in [0.2, 0.25) is 5.02 Å². The number of aromatic nitrogens is 1. The number of pyridine rings is 1. The van der Waals surface area contributed by atoms with E-state index in [-0.39, 0.29) is 24.8 Å². The molecule has 7 heteroatoms. The standard InChI is InChI=1S/C12H13ClN4.2ClH/c13-9-3-1-8(2-4-9)7-16-11-6-5-10(14)12(15)17-11;;/h1-6H,7,14H2,(H3,15,16,17);2*1H. The highest BCUT2D eigenvalue weighted by Gasteiger charge is 2.07. The van der Waals surface area contributed by atoms with Gasteiger partial charge in [-0.2, -0.15) is 4.98 Å². The number of H-pyrrole nitrogens is 1. The lowest BCUT2D eigenvalue weighted by atomic mass is 10.2. The van der Waals surface area contributed by atoms with Crippen LogP contribution in [-0.4, -0.2) is 0 Å². The Morgan fingerprint density at radius 1 is 1.11 bits per heavy atom. The van der Waals surface area contributed by atoms with Gasteiger partial charge in [-0.15, -0.1) is 0 Å². The van der Waals surface area contributed by atoms with Gasteiger partial charge in [-0.1, -0.05) is 23.7 Å². The molecule has 1 aromatic heterocycles. The van der Waals surface area contributed by atoms with Crippen LogP contribution in [0, 0.1) is 0 Å². The van der Waals surface area contributed by atoms with Gasteiger partial charge in [0.15, 0.2) is 0 Å². The van der Waals surface area contributed by atoms with Crippen molar-refractivity contribution >= 4 is 28.9 Å². The van der Waals surface area contributed by atoms with Gasteiger partial charge in [0.25, 0.3) is 5.82 Å². The first-order valence-electron chi connectivity index (χ1n) is 5.27. The van der Waals surface area contributed by atoms with Crippen LogP contribution in [0.4, 0.5) is 17.3 Å². The number of hydrogen-bond donors (Lipinski definition) is 3. The van der Waals surface area contributed by atoms with Crippen molar-refractivity contribution in [1.29, 1.82) is 0 Å². The summed E-state index contributed by atoms with van der Waals surface area (Å²) in [6.45, 7) is 0.719. The first-order valence-corrected chi connectivity index (χ1v) is 5.65. The number of quaternary nitrogens is 1. The molecule has 7 N–H and O–H groups in total. The van der Waals surface area contributed by atoms with Crippen LogP contribution < -0.4 is 46.6 Å². The van der Waals surface area contributed by atoms with E-state index in [1.807, 2.05) is 36.4 Å². The number of anilines is 2. The highest BCUT2D eigenvalue weighted by Crippen LogP contribution is 2.12. The second kappa shape index (κ2) is 8.07. The SMILES string of the molecule is Nc1ccc(NCc2ccc(Cl)cc2)[nH+]c1[NH3+].[Cl-].[Cl-]. The average Bonchev–Trinajstić information content (AvgIpc) is 2.33. The molecule has 0 saturated heterocycles. The molecule has 2 aromatic rings. The molecule has 1 heterocycles. The van der Waals surface area contributed by atoms with E-state index in [0.717, 1.165) is 22.9 Å². The molecule has 0 bridgehead atoms. The van der Waals surface area contributed by atoms with Crippen LogP contribution in [-0.2, 0) is 6.54 Å². The maximum absolute atomic E-state index is 5.82. The van der Waals surface area contributed by atoms with Crippen molar-refractivity contribution in [1.82, 2.24) is 0 Å². The van der Waals surface area contributed by atoms with Crippen LogP contribution in [0.15, 0.2) is 36.4 Å². The molecule has 0 fully saturated rings. The minimum Gasteiger partial charge on any atom is -1.00 e. The van der Waals surface area contributed by atoms with Crippen LogP contribution in [0.25, 0.3) is 0 Å². The molecule has 0 aliphatic rings. The molecule has 0 aliphatic carbocycles. The maximum Gasteiger partial charge on any atom is 0.308 e. The Labute approximate surface area is 129 Å². The van der Waals surface area contributed by atoms with Gasteiger partial charge in [-0.25, -0.2) is 0 Å². The molecule has 1 aromatic carbocycles. The van der Waals surface area contributed by atoms with Crippen LogP contribution in [0.5, 0.6) is 0 Å². The quantitative estimate of drug-likeness (QED) is 0.531. The Hall–Kier alpha value is -1.20. The van der Waals surface area contributed by atoms with E-state index in [2.05, 4.69) is 16.0 Å². The molecule has 0 saturated carbocycles. The number of halogens is 3. The number of nitrogen functional groups attached to an aromatic ring is 1. The molecular formula is C12H15Cl3N4. The monoisotopic (exact) mass is 320 g/mol. The maximum atomic E-state index is 5.82. The van der Waals surface area contributed by atoms with Crippen molar-refractivity contribution < 1.29 is 35.5 Å². The summed E-state index contributed by atoms with van der Waals surface area (Å²) in [6, 6.07) is 11.4. The van der Waals surface area contributed by atoms with E-state index in [9.17, 15) is 0 Å². The zero-order chi connectivity index (χ0) is 12.3. The molecular weight excluding hydrogens is 307 g/mol. The van der Waals surface area contributed by atoms with Gasteiger partial charge in [0, 0.05) is 11.1 Å². The molecule has 19 heavy (non-hydrogen) atoms. The van der Waals surface area contributed by atoms with Gasteiger partial charge in [-0.05, 0) is 23.8 Å². The lowest BCUT2D eigenvalue weighted by Crippen LogP contribution is -3.00. The Morgan fingerprint density at radius 3 is 2.32 bits per heavy atom. The van der Waals surface area contributed by atoms with Crippen molar-refractivity contribution in [2.75, 3.05) is 11.1 Å². The van der Waals surface area contributed by atoms with E-state index in [1.165, 1.54) is 0 Å². The zero-order valence-electron chi connectivity index (χ0n) is 10.1. The fraction of sp³-hybridized carbons (Fsp3) is 0.0833. The smallest absolute Gasteiger partial charge is 0.308 e. The summed E-state index contributed by atoms with van der Waals surface area (Å²) in [7, 11) is 0. The summed E-state index contributed by atoms with van der Waals surface area (Å²) < 4.78 is 0. The number of rotatable bonds is 3. The second-order valence-corrected chi connectivity index (χ2v) is 4.22. The largest absolute Gasteiger partial charge is 1.00 e. The fourth-order valence-electron chi connectivity index (χ4n) is 1.45. The van der Waals surface area contributed by atoms with E-state index >= 15 is 0 Å². The molecule has 0 atom stereocenters. The zero-order valence-corrected chi connectivity index (χ0v) is 12.4. The third kappa shape index (κ3) is 5.12. The van der Waals surface area contributed by atoms with Gasteiger partial charge < -0.3 is 30.5 Å². The van der Waals surface area contributed by atoms with E-state index < -0.39 is 0 Å². The Bertz CT molecular complexity index is 517. The topological polar surface area (TPSA) is 79.8 Å². The Kier molecular flexibility index (Phi) is 7.56. The number of aromatic amines is 1. The van der Waals surface area contributed by atoms with Gasteiger partial charge in [-0.3, -0.25) is 11.1 Å². The van der Waals surface area contributed by atoms with Crippen LogP contribution in [0.1, 0.15) is 5.56 Å². The van der Waals surface area contributed by atoms with Gasteiger partial charge in [0.2, 0.25) is 0 Å². The van der Waals surface area contributed by atoms with Crippen LogP contribution >= 0.6 is 11.6 Å². The third-order valence-corrected chi connectivity index (χ3v) is 2.71. The van der Waals surface area contributed by atoms with Crippen molar-refractivity contribution in [2.45, 2.75) is 6.54 Å². The predicted octanol–water partition coefficient (Wildman–Crippen LogP) is -4.77. The van der Waals surface area contributed by atoms with Crippen molar-refractivity contribution in [3.8, 4) is 0 Å². The Morgan fingerprint density at radius 2 is 1.74 bits per heavy atom. The second-order valence-electron chi connectivity index (χ2n) is 3.79. The average molecular weight is 322 g/mol. The first kappa shape index (κ1) is 17.8. The van der Waals surface area contributed by atoms with E-state index in [0.29, 0.717) is 11.5 Å². The first-order chi connectivity index (χ1) is 8.15. The predicted molar refractivity (Wildman–Crippen MR) is 68.7 cm³/mol. The van der Waals surface area contributed by atoms with Gasteiger partial charge >= 0.3 is 5.82 Å². The van der Waals surface area contributed by atoms with Gasteiger partial charge in [0.1, 0.15) is 12.2 Å². The molecule has 0 amide bonds. The molecule has 2 rings (SSSR count). The van der Waals surface area contributed by atoms with Crippen molar-refractivity contribution in [3.05, 3.63) is 47.0 Å². The normalized spacial score (nSPS) is 9.16. The number of nitrogens with one attached hydrogen (secondary N) is 2. The molecule has 0 unspecified atom stereocenters. The van der Waals surface area contributed by atoms with Crippen molar-refractivity contribution in [3.63, 3.8) is 0 Å². The minimum atomic E-state index is 0. The summed E-state index contributed by atoms with van der Waals surface area (Å²) in [4.78, 5) is 3.08. The summed E-state index contributed by atoms with van der Waals surface area (Å²) in [5.41, 5.74) is 11.3. The number of nitrogens with two attached hydrogens (primary N) is 1. The van der Waals surface area contributed by atoms with E-state index in [1.54, 1.807) is 0 Å². The summed E-state index contributed by atoms with van der Waals surface area (Å²) >= 11 is 5.82. The summed E-state index contributed by atoms with van der Waals surface area (Å²) in [6.07, 6.45) is 0. The third-order valence-electron chi connectivity index (χ3n) is 2.46. The van der Waals surface area contributed by atoms with Crippen molar-refractivity contribution in [2.24, 2.45) is 0 Å². The number of benzene rings is 1. The molecule has 4 nitrogen and oxygen atoms in total. The molecule has 0 aliphatic heterocycles.